The first-order valence-corrected chi connectivity index (χ1v) is 6.70. The largest absolute Gasteiger partial charge is 0.393 e. The Morgan fingerprint density at radius 3 is 3.05 bits per heavy atom. The predicted octanol–water partition coefficient (Wildman–Crippen LogP) is -0.877. The number of hydrogen-bond donors (Lipinski definition) is 4. The maximum atomic E-state index is 11.8. The van der Waals surface area contributed by atoms with E-state index in [1.54, 1.807) is 4.57 Å². The van der Waals surface area contributed by atoms with Crippen molar-refractivity contribution in [1.29, 1.82) is 0 Å². The summed E-state index contributed by atoms with van der Waals surface area (Å²) >= 11 is 0. The van der Waals surface area contributed by atoms with Gasteiger partial charge in [0.15, 0.2) is 11.2 Å². The van der Waals surface area contributed by atoms with Crippen LogP contribution < -0.4 is 11.3 Å². The van der Waals surface area contributed by atoms with E-state index in [2.05, 4.69) is 15.0 Å². The number of aromatic amines is 1. The summed E-state index contributed by atoms with van der Waals surface area (Å²) in [6.07, 6.45) is 0.783. The molecule has 3 rings (SSSR count). The Morgan fingerprint density at radius 2 is 2.43 bits per heavy atom. The van der Waals surface area contributed by atoms with Crippen LogP contribution in [0.5, 0.6) is 0 Å². The molecule has 114 valence electrons. The van der Waals surface area contributed by atoms with Crippen LogP contribution in [0.4, 0.5) is 5.95 Å². The molecule has 0 amide bonds. The van der Waals surface area contributed by atoms with E-state index in [1.165, 1.54) is 6.33 Å². The highest BCUT2D eigenvalue weighted by atomic mass is 16.6. The molecule has 0 spiro atoms. The molecule has 1 fully saturated rings. The van der Waals surface area contributed by atoms with Crippen molar-refractivity contribution in [3.05, 3.63) is 16.7 Å². The van der Waals surface area contributed by atoms with E-state index in [0.717, 1.165) is 0 Å². The van der Waals surface area contributed by atoms with Gasteiger partial charge in [0.05, 0.1) is 19.0 Å². The Kier molecular flexibility index (Phi) is 3.19. The van der Waals surface area contributed by atoms with E-state index in [4.69, 9.17) is 10.5 Å². The van der Waals surface area contributed by atoms with Crippen LogP contribution in [-0.4, -0.2) is 48.0 Å². The van der Waals surface area contributed by atoms with Crippen LogP contribution >= 0.6 is 0 Å². The second-order valence-corrected chi connectivity index (χ2v) is 5.18. The number of aromatic nitrogens is 4. The lowest BCUT2D eigenvalue weighted by Gasteiger charge is -2.28. The number of aliphatic hydroxyl groups is 2. The predicted molar refractivity (Wildman–Crippen MR) is 73.4 cm³/mol. The summed E-state index contributed by atoms with van der Waals surface area (Å²) in [5.41, 5.74) is 4.55. The van der Waals surface area contributed by atoms with Crippen molar-refractivity contribution in [3.63, 3.8) is 0 Å². The zero-order chi connectivity index (χ0) is 15.2. The number of fused-ring (bicyclic) bond motifs is 1. The number of hydrogen-bond acceptors (Lipinski definition) is 7. The fourth-order valence-electron chi connectivity index (χ4n) is 2.70. The van der Waals surface area contributed by atoms with Crippen LogP contribution in [0, 0.1) is 0 Å². The molecule has 0 unspecified atom stereocenters. The fraction of sp³-hybridized carbons (Fsp3) is 0.583. The average molecular weight is 295 g/mol. The second kappa shape index (κ2) is 4.79. The average Bonchev–Trinajstić information content (AvgIpc) is 3.00. The Balaban J connectivity index is 2.05. The van der Waals surface area contributed by atoms with Gasteiger partial charge in [-0.2, -0.15) is 4.98 Å². The standard InChI is InChI=1S/C12H17N5O4/c1-2-12(4-18)6(19)3-7(21-12)17-5-14-8-9(17)15-11(13)16-10(8)20/h5-7,18-19H,2-4H2,1H3,(H3,13,15,16,20)/t6-,7+,12+/m0/s1. The van der Waals surface area contributed by atoms with Crippen LogP contribution in [0.1, 0.15) is 26.0 Å². The number of anilines is 1. The summed E-state index contributed by atoms with van der Waals surface area (Å²) in [7, 11) is 0. The lowest BCUT2D eigenvalue weighted by Crippen LogP contribution is -2.42. The van der Waals surface area contributed by atoms with Gasteiger partial charge in [-0.1, -0.05) is 6.92 Å². The zero-order valence-corrected chi connectivity index (χ0v) is 11.5. The zero-order valence-electron chi connectivity index (χ0n) is 11.5. The number of aliphatic hydroxyl groups excluding tert-OH is 2. The van der Waals surface area contributed by atoms with Gasteiger partial charge in [0.1, 0.15) is 11.8 Å². The molecule has 2 aromatic rings. The van der Waals surface area contributed by atoms with Crippen molar-refractivity contribution in [2.24, 2.45) is 0 Å². The van der Waals surface area contributed by atoms with Crippen molar-refractivity contribution in [2.45, 2.75) is 37.7 Å². The van der Waals surface area contributed by atoms with Gasteiger partial charge in [0.25, 0.3) is 5.56 Å². The number of nitrogens with one attached hydrogen (secondary N) is 1. The van der Waals surface area contributed by atoms with E-state index < -0.39 is 23.5 Å². The normalized spacial score (nSPS) is 29.3. The van der Waals surface area contributed by atoms with E-state index in [0.29, 0.717) is 12.1 Å². The molecule has 0 radical (unpaired) electrons. The first-order valence-electron chi connectivity index (χ1n) is 6.70. The Hall–Kier alpha value is -1.97. The first-order chi connectivity index (χ1) is 10.0. The van der Waals surface area contributed by atoms with E-state index in [-0.39, 0.29) is 24.5 Å². The van der Waals surface area contributed by atoms with Crippen molar-refractivity contribution >= 4 is 17.1 Å². The van der Waals surface area contributed by atoms with Crippen LogP contribution in [0.3, 0.4) is 0 Å². The van der Waals surface area contributed by atoms with Gasteiger partial charge >= 0.3 is 0 Å². The number of nitrogens with zero attached hydrogens (tertiary/aromatic N) is 3. The summed E-state index contributed by atoms with van der Waals surface area (Å²) < 4.78 is 7.37. The molecule has 5 N–H and O–H groups in total. The van der Waals surface area contributed by atoms with E-state index in [9.17, 15) is 15.0 Å². The number of H-pyrrole nitrogens is 1. The molecule has 3 heterocycles. The molecule has 0 saturated carbocycles. The Morgan fingerprint density at radius 1 is 1.67 bits per heavy atom. The maximum Gasteiger partial charge on any atom is 0.280 e. The lowest BCUT2D eigenvalue weighted by atomic mass is 9.95. The second-order valence-electron chi connectivity index (χ2n) is 5.18. The molecule has 2 aromatic heterocycles. The van der Waals surface area contributed by atoms with Crippen molar-refractivity contribution < 1.29 is 14.9 Å². The smallest absolute Gasteiger partial charge is 0.280 e. The third-order valence-corrected chi connectivity index (χ3v) is 4.03. The minimum Gasteiger partial charge on any atom is -0.393 e. The van der Waals surface area contributed by atoms with Gasteiger partial charge in [0.2, 0.25) is 5.95 Å². The number of ether oxygens (including phenoxy) is 1. The van der Waals surface area contributed by atoms with Crippen LogP contribution in [0.25, 0.3) is 11.2 Å². The number of rotatable bonds is 3. The molecular formula is C12H17N5O4. The van der Waals surface area contributed by atoms with Gasteiger partial charge in [-0.15, -0.1) is 0 Å². The Labute approximate surface area is 119 Å². The minimum absolute atomic E-state index is 0.0169. The molecule has 1 aliphatic rings. The SMILES string of the molecule is CC[C@]1(CO)O[C@@H](n2cnc3c(=O)[nH]c(N)nc32)C[C@@H]1O. The number of nitrogens with two attached hydrogens (primary N) is 1. The summed E-state index contributed by atoms with van der Waals surface area (Å²) in [6, 6.07) is 0. The molecule has 1 aliphatic heterocycles. The highest BCUT2D eigenvalue weighted by Crippen LogP contribution is 2.39. The van der Waals surface area contributed by atoms with Gasteiger partial charge < -0.3 is 20.7 Å². The third kappa shape index (κ3) is 2.01. The highest BCUT2D eigenvalue weighted by molar-refractivity contribution is 5.70. The topological polar surface area (TPSA) is 139 Å². The highest BCUT2D eigenvalue weighted by Gasteiger charge is 2.47. The maximum absolute atomic E-state index is 11.8. The molecular weight excluding hydrogens is 278 g/mol. The molecule has 0 aromatic carbocycles. The van der Waals surface area contributed by atoms with E-state index in [1.807, 2.05) is 6.92 Å². The van der Waals surface area contributed by atoms with Crippen LogP contribution in [-0.2, 0) is 4.74 Å². The van der Waals surface area contributed by atoms with E-state index >= 15 is 0 Å². The molecule has 3 atom stereocenters. The third-order valence-electron chi connectivity index (χ3n) is 4.03. The molecule has 1 saturated heterocycles. The minimum atomic E-state index is -1.01. The molecule has 9 nitrogen and oxygen atoms in total. The first kappa shape index (κ1) is 14.0. The fourth-order valence-corrected chi connectivity index (χ4v) is 2.70. The van der Waals surface area contributed by atoms with Gasteiger partial charge in [-0.25, -0.2) is 4.98 Å². The molecule has 21 heavy (non-hydrogen) atoms. The number of imidazole rings is 1. The summed E-state index contributed by atoms with van der Waals surface area (Å²) in [5, 5.41) is 19.7. The summed E-state index contributed by atoms with van der Waals surface area (Å²) in [4.78, 5) is 22.2. The van der Waals surface area contributed by atoms with Crippen molar-refractivity contribution in [1.82, 2.24) is 19.5 Å². The van der Waals surface area contributed by atoms with Gasteiger partial charge in [-0.05, 0) is 6.42 Å². The number of nitrogen functional groups attached to an aromatic ring is 1. The van der Waals surface area contributed by atoms with Gasteiger partial charge in [-0.3, -0.25) is 14.3 Å². The molecule has 0 aliphatic carbocycles. The summed E-state index contributed by atoms with van der Waals surface area (Å²) in [6.45, 7) is 1.54. The lowest BCUT2D eigenvalue weighted by molar-refractivity contribution is -0.128. The Bertz CT molecular complexity index is 720. The van der Waals surface area contributed by atoms with Crippen molar-refractivity contribution in [3.8, 4) is 0 Å². The quantitative estimate of drug-likeness (QED) is 0.576. The van der Waals surface area contributed by atoms with Crippen molar-refractivity contribution in [2.75, 3.05) is 12.3 Å². The monoisotopic (exact) mass is 295 g/mol. The molecule has 0 bridgehead atoms. The molecule has 9 heteroatoms. The summed E-state index contributed by atoms with van der Waals surface area (Å²) in [5.74, 6) is -0.0169. The van der Waals surface area contributed by atoms with Crippen LogP contribution in [0.15, 0.2) is 11.1 Å². The van der Waals surface area contributed by atoms with Gasteiger partial charge in [0, 0.05) is 6.42 Å². The van der Waals surface area contributed by atoms with Crippen LogP contribution in [0.2, 0.25) is 0 Å².